The van der Waals surface area contributed by atoms with Crippen molar-refractivity contribution in [2.24, 2.45) is 0 Å². The fourth-order valence-electron chi connectivity index (χ4n) is 5.74. The summed E-state index contributed by atoms with van der Waals surface area (Å²) in [7, 11) is 0. The molecule has 9 heteroatoms. The molecule has 0 saturated carbocycles. The number of pyridine rings is 1. The fraction of sp³-hybridized carbons (Fsp3) is 0.345. The van der Waals surface area contributed by atoms with Crippen molar-refractivity contribution in [1.82, 2.24) is 20.1 Å². The summed E-state index contributed by atoms with van der Waals surface area (Å²) in [5.41, 5.74) is 2.00. The number of amides is 4. The van der Waals surface area contributed by atoms with E-state index in [0.717, 1.165) is 35.6 Å². The van der Waals surface area contributed by atoms with Crippen LogP contribution in [0.4, 0.5) is 0 Å². The monoisotopic (exact) mass is 512 g/mol. The smallest absolute Gasteiger partial charge is 0.255 e. The molecular weight excluding hydrogens is 484 g/mol. The molecule has 0 bridgehead atoms. The van der Waals surface area contributed by atoms with Gasteiger partial charge in [0.2, 0.25) is 11.8 Å². The van der Waals surface area contributed by atoms with Crippen LogP contribution in [0.5, 0.6) is 5.75 Å². The molecule has 0 aliphatic carbocycles. The lowest BCUT2D eigenvalue weighted by Gasteiger charge is -2.36. The molecule has 3 aromatic rings. The van der Waals surface area contributed by atoms with Crippen LogP contribution in [0.2, 0.25) is 0 Å². The number of ether oxygens (including phenoxy) is 1. The number of hydrogen-bond acceptors (Lipinski definition) is 6. The highest BCUT2D eigenvalue weighted by Gasteiger charge is 2.39. The highest BCUT2D eigenvalue weighted by atomic mass is 16.5. The summed E-state index contributed by atoms with van der Waals surface area (Å²) in [6.07, 6.45) is 6.84. The van der Waals surface area contributed by atoms with E-state index in [2.05, 4.69) is 10.3 Å². The highest BCUT2D eigenvalue weighted by molar-refractivity contribution is 6.07. The van der Waals surface area contributed by atoms with Gasteiger partial charge in [-0.05, 0) is 67.0 Å². The summed E-state index contributed by atoms with van der Waals surface area (Å²) in [6, 6.07) is 12.2. The summed E-state index contributed by atoms with van der Waals surface area (Å²) >= 11 is 0. The molecule has 194 valence electrons. The third kappa shape index (κ3) is 4.38. The van der Waals surface area contributed by atoms with Gasteiger partial charge in [0.15, 0.2) is 0 Å². The Bertz CT molecular complexity index is 1450. The summed E-state index contributed by atoms with van der Waals surface area (Å²) in [4.78, 5) is 58.0. The first kappa shape index (κ1) is 24.1. The number of hydrogen-bond donors (Lipinski definition) is 1. The van der Waals surface area contributed by atoms with Gasteiger partial charge in [-0.15, -0.1) is 0 Å². The predicted molar refractivity (Wildman–Crippen MR) is 138 cm³/mol. The van der Waals surface area contributed by atoms with E-state index in [-0.39, 0.29) is 30.2 Å². The molecule has 0 spiro atoms. The van der Waals surface area contributed by atoms with Crippen LogP contribution in [0.25, 0.3) is 10.8 Å². The van der Waals surface area contributed by atoms with Crippen LogP contribution in [0.15, 0.2) is 54.9 Å². The van der Waals surface area contributed by atoms with Gasteiger partial charge in [0, 0.05) is 48.4 Å². The van der Waals surface area contributed by atoms with Gasteiger partial charge in [0.1, 0.15) is 18.4 Å². The molecule has 9 nitrogen and oxygen atoms in total. The van der Waals surface area contributed by atoms with Crippen molar-refractivity contribution >= 4 is 34.4 Å². The van der Waals surface area contributed by atoms with Crippen LogP contribution >= 0.6 is 0 Å². The molecular formula is C29H28N4O5. The SMILES string of the molecule is O=C1CCC(N2Cc3cc(OC[C@@H]4CCCCN4C(=O)c4cccc5cnccc45)ccc3C2=O)C(=O)N1. The summed E-state index contributed by atoms with van der Waals surface area (Å²) < 4.78 is 6.17. The zero-order valence-electron chi connectivity index (χ0n) is 20.9. The number of rotatable bonds is 5. The lowest BCUT2D eigenvalue weighted by molar-refractivity contribution is -0.136. The first-order chi connectivity index (χ1) is 18.5. The van der Waals surface area contributed by atoms with Crippen molar-refractivity contribution in [2.45, 2.75) is 50.7 Å². The molecule has 1 aromatic heterocycles. The number of benzene rings is 2. The average molecular weight is 513 g/mol. The van der Waals surface area contributed by atoms with Crippen molar-refractivity contribution in [1.29, 1.82) is 0 Å². The quantitative estimate of drug-likeness (QED) is 0.527. The number of fused-ring (bicyclic) bond motifs is 2. The van der Waals surface area contributed by atoms with E-state index >= 15 is 0 Å². The Kier molecular flexibility index (Phi) is 6.27. The van der Waals surface area contributed by atoms with Crippen molar-refractivity contribution in [3.05, 3.63) is 71.5 Å². The Morgan fingerprint density at radius 1 is 1.08 bits per heavy atom. The van der Waals surface area contributed by atoms with Gasteiger partial charge >= 0.3 is 0 Å². The van der Waals surface area contributed by atoms with Crippen molar-refractivity contribution in [2.75, 3.05) is 13.2 Å². The second-order valence-electron chi connectivity index (χ2n) is 10.1. The Balaban J connectivity index is 1.15. The maximum absolute atomic E-state index is 13.6. The molecule has 1 N–H and O–H groups in total. The molecule has 1 unspecified atom stereocenters. The van der Waals surface area contributed by atoms with E-state index in [1.54, 1.807) is 24.5 Å². The second kappa shape index (κ2) is 9.89. The molecule has 2 fully saturated rings. The lowest BCUT2D eigenvalue weighted by Crippen LogP contribution is -2.52. The third-order valence-electron chi connectivity index (χ3n) is 7.74. The van der Waals surface area contributed by atoms with E-state index in [0.29, 0.717) is 43.0 Å². The maximum atomic E-state index is 13.6. The van der Waals surface area contributed by atoms with Crippen molar-refractivity contribution in [3.8, 4) is 5.75 Å². The lowest BCUT2D eigenvalue weighted by atomic mass is 9.99. The Hall–Kier alpha value is -4.27. The third-order valence-corrected chi connectivity index (χ3v) is 7.74. The molecule has 2 saturated heterocycles. The van der Waals surface area contributed by atoms with Crippen LogP contribution in [-0.4, -0.2) is 63.6 Å². The van der Waals surface area contributed by atoms with Crippen LogP contribution < -0.4 is 10.1 Å². The van der Waals surface area contributed by atoms with Gasteiger partial charge in [-0.3, -0.25) is 29.5 Å². The van der Waals surface area contributed by atoms with E-state index in [1.807, 2.05) is 35.2 Å². The van der Waals surface area contributed by atoms with Gasteiger partial charge in [-0.25, -0.2) is 0 Å². The molecule has 0 radical (unpaired) electrons. The molecule has 2 aromatic carbocycles. The summed E-state index contributed by atoms with van der Waals surface area (Å²) in [5, 5.41) is 4.15. The van der Waals surface area contributed by atoms with Crippen molar-refractivity contribution in [3.63, 3.8) is 0 Å². The zero-order valence-corrected chi connectivity index (χ0v) is 20.9. The van der Waals surface area contributed by atoms with Gasteiger partial charge < -0.3 is 14.5 Å². The van der Waals surface area contributed by atoms with E-state index in [9.17, 15) is 19.2 Å². The van der Waals surface area contributed by atoms with E-state index < -0.39 is 11.9 Å². The number of piperidine rings is 2. The summed E-state index contributed by atoms with van der Waals surface area (Å²) in [5.74, 6) is -0.331. The van der Waals surface area contributed by atoms with Crippen molar-refractivity contribution < 1.29 is 23.9 Å². The van der Waals surface area contributed by atoms with E-state index in [4.69, 9.17) is 4.74 Å². The second-order valence-corrected chi connectivity index (χ2v) is 10.1. The van der Waals surface area contributed by atoms with Gasteiger partial charge in [-0.2, -0.15) is 0 Å². The minimum Gasteiger partial charge on any atom is -0.491 e. The number of nitrogens with zero attached hydrogens (tertiary/aromatic N) is 3. The van der Waals surface area contributed by atoms with E-state index in [1.165, 1.54) is 4.90 Å². The Labute approximate surface area is 219 Å². The number of carbonyl (C=O) groups excluding carboxylic acids is 4. The summed E-state index contributed by atoms with van der Waals surface area (Å²) in [6.45, 7) is 1.32. The number of aromatic nitrogens is 1. The van der Waals surface area contributed by atoms with Gasteiger partial charge in [0.05, 0.1) is 6.04 Å². The highest BCUT2D eigenvalue weighted by Crippen LogP contribution is 2.31. The minimum atomic E-state index is -0.649. The van der Waals surface area contributed by atoms with Crippen LogP contribution in [0, 0.1) is 0 Å². The normalized spacial score (nSPS) is 21.4. The first-order valence-electron chi connectivity index (χ1n) is 13.0. The van der Waals surface area contributed by atoms with Crippen LogP contribution in [0.3, 0.4) is 0 Å². The molecule has 6 rings (SSSR count). The fourth-order valence-corrected chi connectivity index (χ4v) is 5.74. The zero-order chi connectivity index (χ0) is 26.2. The predicted octanol–water partition coefficient (Wildman–Crippen LogP) is 3.07. The van der Waals surface area contributed by atoms with Crippen LogP contribution in [-0.2, 0) is 16.1 Å². The van der Waals surface area contributed by atoms with Crippen LogP contribution in [0.1, 0.15) is 58.4 Å². The molecule has 3 aliphatic heterocycles. The Morgan fingerprint density at radius 2 is 1.97 bits per heavy atom. The van der Waals surface area contributed by atoms with Gasteiger partial charge in [-0.1, -0.05) is 12.1 Å². The standard InChI is InChI=1S/C29H28N4O5/c34-26-10-9-25(27(35)31-26)33-16-19-14-21(7-8-23(19)28(33)36)38-17-20-5-1-2-13-32(20)29(37)24-6-3-4-18-15-30-12-11-22(18)24/h3-4,6-8,11-12,14-15,20,25H,1-2,5,9-10,13,16-17H2,(H,31,34,35)/t20-,25?/m0/s1. The number of carbonyl (C=O) groups is 4. The largest absolute Gasteiger partial charge is 0.491 e. The maximum Gasteiger partial charge on any atom is 0.255 e. The Morgan fingerprint density at radius 3 is 2.84 bits per heavy atom. The molecule has 2 atom stereocenters. The molecule has 3 aliphatic rings. The minimum absolute atomic E-state index is 0.00506. The number of imide groups is 1. The number of nitrogens with one attached hydrogen (secondary N) is 1. The molecule has 4 heterocycles. The number of likely N-dealkylation sites (tertiary alicyclic amines) is 1. The molecule has 38 heavy (non-hydrogen) atoms. The first-order valence-corrected chi connectivity index (χ1v) is 13.0. The molecule has 4 amide bonds. The topological polar surface area (TPSA) is 109 Å². The van der Waals surface area contributed by atoms with Gasteiger partial charge in [0.25, 0.3) is 11.8 Å². The average Bonchev–Trinajstić information content (AvgIpc) is 3.26.